The van der Waals surface area contributed by atoms with Gasteiger partial charge in [0.1, 0.15) is 23.1 Å². The van der Waals surface area contributed by atoms with E-state index in [4.69, 9.17) is 21.3 Å². The van der Waals surface area contributed by atoms with Crippen LogP contribution in [0.5, 0.6) is 11.5 Å². The van der Waals surface area contributed by atoms with Crippen LogP contribution in [0, 0.1) is 10.8 Å². The average Bonchev–Trinajstić information content (AvgIpc) is 3.41. The van der Waals surface area contributed by atoms with Crippen LogP contribution in [0.4, 0.5) is 4.79 Å². The van der Waals surface area contributed by atoms with Crippen LogP contribution in [0.2, 0.25) is 0 Å². The molecule has 0 radical (unpaired) electrons. The number of aryl methyl sites for hydroxylation is 4. The van der Waals surface area contributed by atoms with Crippen molar-refractivity contribution in [3.8, 4) is 11.5 Å². The second-order valence-electron chi connectivity index (χ2n) is 20.3. The van der Waals surface area contributed by atoms with Crippen LogP contribution in [0.15, 0.2) is 158 Å². The lowest BCUT2D eigenvalue weighted by atomic mass is 9.96. The average molecular weight is 1040 g/mol. The Kier molecular flexibility index (Phi) is 23.0. The van der Waals surface area contributed by atoms with E-state index in [1.807, 2.05) is 109 Å². The van der Waals surface area contributed by atoms with Gasteiger partial charge >= 0.3 is 6.09 Å². The third kappa shape index (κ3) is 21.5. The van der Waals surface area contributed by atoms with Gasteiger partial charge in [0.25, 0.3) is 0 Å². The summed E-state index contributed by atoms with van der Waals surface area (Å²) in [6.07, 6.45) is 3.34. The Morgan fingerprint density at radius 2 is 0.844 bits per heavy atom. The zero-order valence-corrected chi connectivity index (χ0v) is 44.8. The first-order chi connectivity index (χ1) is 36.7. The topological polar surface area (TPSA) is 245 Å². The first-order valence-electron chi connectivity index (χ1n) is 26.0. The number of phenolic OH excluding ortho intramolecular Hbond substituents is 2. The van der Waals surface area contributed by atoms with Crippen molar-refractivity contribution < 1.29 is 38.9 Å². The number of rotatable bonds is 25. The Bertz CT molecular complexity index is 2870. The van der Waals surface area contributed by atoms with Crippen molar-refractivity contribution in [2.24, 2.45) is 5.73 Å². The summed E-state index contributed by atoms with van der Waals surface area (Å²) in [7, 11) is 0. The highest BCUT2D eigenvalue weighted by Crippen LogP contribution is 2.18. The molecule has 77 heavy (non-hydrogen) atoms. The molecule has 404 valence electrons. The largest absolute Gasteiger partial charge is 0.508 e. The van der Waals surface area contributed by atoms with Crippen LogP contribution in [0.25, 0.3) is 0 Å². The molecule has 0 aliphatic rings. The molecular formula is C63H74N6O8. The van der Waals surface area contributed by atoms with Gasteiger partial charge in [0.15, 0.2) is 11.6 Å². The summed E-state index contributed by atoms with van der Waals surface area (Å²) in [6, 6.07) is 44.6. The summed E-state index contributed by atoms with van der Waals surface area (Å²) in [5.41, 5.74) is 13.7. The number of hydrogen-bond acceptors (Lipinski definition) is 11. The number of alkyl carbamates (subject to hydrolysis) is 1. The summed E-state index contributed by atoms with van der Waals surface area (Å²) in [5, 5.41) is 43.2. The molecule has 0 saturated heterocycles. The Balaban J connectivity index is 0.000000289. The van der Waals surface area contributed by atoms with Gasteiger partial charge in [-0.1, -0.05) is 133 Å². The number of Topliss-reactive ketones (excluding diaryl/α,β-unsaturated/α-hetero) is 2. The SMILES string of the molecule is CC(=N)c1ccc(CCC(=O)[C@H](Cc2ccc(O)cc2)NC(=O)[C@@H](CCc2ccccc2)NC(=O)OC(C)(C)C)cc1.CC(=N)c1ccc(CCC(=O)[C@H](Cc2ccc(O)cc2)NC(=O)[C@H](N)CCc2ccccc2)cc1. The molecule has 14 heteroatoms. The molecular weight excluding hydrogens is 969 g/mol. The summed E-state index contributed by atoms with van der Waals surface area (Å²) >= 11 is 0. The van der Waals surface area contributed by atoms with Crippen LogP contribution >= 0.6 is 0 Å². The number of hydrogen-bond donors (Lipinski definition) is 8. The molecule has 0 bridgehead atoms. The Hall–Kier alpha value is -8.23. The zero-order chi connectivity index (χ0) is 55.9. The molecule has 14 nitrogen and oxygen atoms in total. The molecule has 0 aliphatic carbocycles. The van der Waals surface area contributed by atoms with E-state index >= 15 is 0 Å². The fourth-order valence-corrected chi connectivity index (χ4v) is 8.28. The molecule has 9 N–H and O–H groups in total. The van der Waals surface area contributed by atoms with Gasteiger partial charge in [0.05, 0.1) is 18.1 Å². The van der Waals surface area contributed by atoms with Crippen molar-refractivity contribution in [2.45, 2.75) is 129 Å². The molecule has 0 aliphatic heterocycles. The van der Waals surface area contributed by atoms with E-state index in [9.17, 15) is 34.2 Å². The number of ether oxygens (including phenoxy) is 1. The van der Waals surface area contributed by atoms with Gasteiger partial charge in [-0.25, -0.2) is 4.79 Å². The predicted molar refractivity (Wildman–Crippen MR) is 303 cm³/mol. The number of aromatic hydroxyl groups is 2. The van der Waals surface area contributed by atoms with E-state index in [0.717, 1.165) is 44.5 Å². The molecule has 0 saturated carbocycles. The summed E-state index contributed by atoms with van der Waals surface area (Å²) in [6.45, 7) is 8.70. The Morgan fingerprint density at radius 3 is 1.23 bits per heavy atom. The lowest BCUT2D eigenvalue weighted by Crippen LogP contribution is -2.53. The molecule has 0 fully saturated rings. The van der Waals surface area contributed by atoms with E-state index in [2.05, 4.69) is 16.0 Å². The lowest BCUT2D eigenvalue weighted by Gasteiger charge is -2.25. The summed E-state index contributed by atoms with van der Waals surface area (Å²) < 4.78 is 5.41. The summed E-state index contributed by atoms with van der Waals surface area (Å²) in [4.78, 5) is 65.8. The van der Waals surface area contributed by atoms with Crippen LogP contribution in [-0.2, 0) is 62.4 Å². The van der Waals surface area contributed by atoms with Crippen LogP contribution < -0.4 is 21.7 Å². The first-order valence-corrected chi connectivity index (χ1v) is 26.0. The Labute approximate surface area is 452 Å². The second-order valence-corrected chi connectivity index (χ2v) is 20.3. The minimum Gasteiger partial charge on any atom is -0.508 e. The highest BCUT2D eigenvalue weighted by molar-refractivity contribution is 5.97. The van der Waals surface area contributed by atoms with Crippen molar-refractivity contribution >= 4 is 40.9 Å². The maximum atomic E-state index is 13.6. The molecule has 6 rings (SSSR count). The zero-order valence-electron chi connectivity index (χ0n) is 44.8. The van der Waals surface area contributed by atoms with Crippen molar-refractivity contribution in [1.82, 2.24) is 16.0 Å². The minimum atomic E-state index is -0.924. The number of nitrogens with two attached hydrogens (primary N) is 1. The van der Waals surface area contributed by atoms with E-state index < -0.39 is 41.8 Å². The maximum absolute atomic E-state index is 13.6. The normalized spacial score (nSPS) is 12.5. The molecule has 0 unspecified atom stereocenters. The fourth-order valence-electron chi connectivity index (χ4n) is 8.28. The highest BCUT2D eigenvalue weighted by Gasteiger charge is 2.29. The molecule has 4 atom stereocenters. The molecule has 6 aromatic carbocycles. The Morgan fingerprint density at radius 1 is 0.481 bits per heavy atom. The number of carbonyl (C=O) groups excluding carboxylic acids is 5. The third-order valence-electron chi connectivity index (χ3n) is 12.8. The van der Waals surface area contributed by atoms with Gasteiger partial charge in [0.2, 0.25) is 11.8 Å². The van der Waals surface area contributed by atoms with Gasteiger partial charge in [-0.2, -0.15) is 0 Å². The van der Waals surface area contributed by atoms with Crippen molar-refractivity contribution in [3.63, 3.8) is 0 Å². The van der Waals surface area contributed by atoms with E-state index in [0.29, 0.717) is 56.4 Å². The van der Waals surface area contributed by atoms with Crippen molar-refractivity contribution in [3.05, 3.63) is 202 Å². The smallest absolute Gasteiger partial charge is 0.408 e. The lowest BCUT2D eigenvalue weighted by molar-refractivity contribution is -0.129. The molecule has 0 aromatic heterocycles. The molecule has 0 spiro atoms. The fraction of sp³-hybridized carbons (Fsp3) is 0.317. The van der Waals surface area contributed by atoms with E-state index in [1.165, 1.54) is 12.1 Å². The maximum Gasteiger partial charge on any atom is 0.408 e. The number of amides is 3. The van der Waals surface area contributed by atoms with E-state index in [1.54, 1.807) is 71.0 Å². The summed E-state index contributed by atoms with van der Waals surface area (Å²) in [5.74, 6) is -0.788. The van der Waals surface area contributed by atoms with Crippen molar-refractivity contribution in [1.29, 1.82) is 10.8 Å². The van der Waals surface area contributed by atoms with Crippen LogP contribution in [-0.4, -0.2) is 80.9 Å². The van der Waals surface area contributed by atoms with Gasteiger partial charge < -0.3 is 47.5 Å². The number of carbonyl (C=O) groups is 5. The third-order valence-corrected chi connectivity index (χ3v) is 12.8. The van der Waals surface area contributed by atoms with Gasteiger partial charge in [-0.05, 0) is 155 Å². The second kappa shape index (κ2) is 29.8. The van der Waals surface area contributed by atoms with Crippen LogP contribution in [0.3, 0.4) is 0 Å². The quantitative estimate of drug-likeness (QED) is 0.0254. The molecule has 6 aromatic rings. The number of phenols is 2. The minimum absolute atomic E-state index is 0.0750. The molecule has 3 amide bonds. The van der Waals surface area contributed by atoms with Crippen LogP contribution in [0.1, 0.15) is 105 Å². The van der Waals surface area contributed by atoms with E-state index in [-0.39, 0.29) is 48.2 Å². The number of benzene rings is 6. The van der Waals surface area contributed by atoms with Gasteiger partial charge in [-0.15, -0.1) is 0 Å². The van der Waals surface area contributed by atoms with Crippen molar-refractivity contribution in [2.75, 3.05) is 0 Å². The first kappa shape index (κ1) is 59.6. The molecule has 0 heterocycles. The predicted octanol–water partition coefficient (Wildman–Crippen LogP) is 9.50. The standard InChI is InChI=1S/C34H41N3O5.C29H33N3O3/c1-23(35)27-16-10-25(11-17-27)15-21-31(39)30(22-26-12-18-28(38)19-13-26)36-32(40)29(37-33(41)42-34(2,3)4)20-14-24-8-6-5-7-9-24;1-20(30)24-13-7-22(8-14-24)12-18-28(34)27(19-23-9-15-25(33)16-10-23)32-29(35)26(31)17-11-21-5-3-2-4-6-21/h5-13,16-19,29-30,35,38H,14-15,20-22H2,1-4H3,(H,36,40)(H,37,41);2-10,13-16,26-27,30,33H,11-12,17-19,31H2,1H3,(H,32,35)/t29-,30+;26-,27+/m11/s1. The number of ketones is 2. The van der Waals surface area contributed by atoms with Gasteiger partial charge in [0, 0.05) is 24.3 Å². The monoisotopic (exact) mass is 1040 g/mol. The number of nitrogens with one attached hydrogen (secondary N) is 5. The van der Waals surface area contributed by atoms with Gasteiger partial charge in [-0.3, -0.25) is 19.2 Å². The highest BCUT2D eigenvalue weighted by atomic mass is 16.6.